The molecule has 0 saturated heterocycles. The first-order valence-electron chi connectivity index (χ1n) is 6.79. The van der Waals surface area contributed by atoms with Crippen molar-refractivity contribution in [1.82, 2.24) is 4.90 Å². The van der Waals surface area contributed by atoms with E-state index in [2.05, 4.69) is 0 Å². The Labute approximate surface area is 113 Å². The third kappa shape index (κ3) is 3.47. The van der Waals surface area contributed by atoms with E-state index in [1.165, 1.54) is 0 Å². The molecule has 1 aliphatic carbocycles. The number of hydrogen-bond acceptors (Lipinski definition) is 3. The molecule has 2 rings (SSSR count). The summed E-state index contributed by atoms with van der Waals surface area (Å²) in [7, 11) is 1.77. The fourth-order valence-electron chi connectivity index (χ4n) is 2.64. The highest BCUT2D eigenvalue weighted by Crippen LogP contribution is 2.23. The van der Waals surface area contributed by atoms with Gasteiger partial charge in [-0.25, -0.2) is 0 Å². The van der Waals surface area contributed by atoms with Gasteiger partial charge in [-0.1, -0.05) is 25.0 Å². The monoisotopic (exact) mass is 263 g/mol. The fourth-order valence-corrected chi connectivity index (χ4v) is 2.64. The van der Waals surface area contributed by atoms with E-state index in [1.54, 1.807) is 36.2 Å². The molecule has 2 N–H and O–H groups in total. The van der Waals surface area contributed by atoms with Gasteiger partial charge in [0.05, 0.1) is 18.6 Å². The molecule has 104 valence electrons. The van der Waals surface area contributed by atoms with Crippen molar-refractivity contribution < 1.29 is 15.0 Å². The number of likely N-dealkylation sites (N-methyl/N-ethyl adjacent to an activating group) is 1. The SMILES string of the molecule is CN(C(=O)Cc1ccc(O)cc1)C1CCCCC1O. The summed E-state index contributed by atoms with van der Waals surface area (Å²) in [6, 6.07) is 6.60. The molecule has 0 spiro atoms. The Morgan fingerprint density at radius 2 is 1.89 bits per heavy atom. The second-order valence-electron chi connectivity index (χ2n) is 5.27. The van der Waals surface area contributed by atoms with Crippen molar-refractivity contribution in [2.45, 2.75) is 44.2 Å². The number of rotatable bonds is 3. The van der Waals surface area contributed by atoms with Crippen LogP contribution in [0.15, 0.2) is 24.3 Å². The van der Waals surface area contributed by atoms with Crippen molar-refractivity contribution >= 4 is 5.91 Å². The van der Waals surface area contributed by atoms with Crippen molar-refractivity contribution in [3.63, 3.8) is 0 Å². The molecule has 1 amide bonds. The Balaban J connectivity index is 1.96. The lowest BCUT2D eigenvalue weighted by Crippen LogP contribution is -2.46. The van der Waals surface area contributed by atoms with Crippen LogP contribution in [-0.4, -0.2) is 40.2 Å². The summed E-state index contributed by atoms with van der Waals surface area (Å²) in [5.41, 5.74) is 0.875. The predicted molar refractivity (Wildman–Crippen MR) is 72.8 cm³/mol. The Hall–Kier alpha value is -1.55. The van der Waals surface area contributed by atoms with E-state index < -0.39 is 6.10 Å². The number of amides is 1. The first kappa shape index (κ1) is 13.9. The Morgan fingerprint density at radius 3 is 2.53 bits per heavy atom. The normalized spacial score (nSPS) is 23.1. The maximum atomic E-state index is 12.2. The number of hydrogen-bond donors (Lipinski definition) is 2. The third-order valence-corrected chi connectivity index (χ3v) is 3.88. The average molecular weight is 263 g/mol. The highest BCUT2D eigenvalue weighted by atomic mass is 16.3. The Kier molecular flexibility index (Phi) is 4.43. The molecule has 1 aromatic carbocycles. The lowest BCUT2D eigenvalue weighted by Gasteiger charge is -2.35. The van der Waals surface area contributed by atoms with Gasteiger partial charge in [0.1, 0.15) is 5.75 Å². The highest BCUT2D eigenvalue weighted by molar-refractivity contribution is 5.79. The number of aromatic hydroxyl groups is 1. The first-order valence-corrected chi connectivity index (χ1v) is 6.79. The molecule has 0 heterocycles. The molecule has 2 unspecified atom stereocenters. The van der Waals surface area contributed by atoms with Crippen molar-refractivity contribution in [3.05, 3.63) is 29.8 Å². The zero-order chi connectivity index (χ0) is 13.8. The molecule has 4 nitrogen and oxygen atoms in total. The Bertz CT molecular complexity index is 430. The second-order valence-corrected chi connectivity index (χ2v) is 5.27. The van der Waals surface area contributed by atoms with Gasteiger partial charge < -0.3 is 15.1 Å². The minimum atomic E-state index is -0.400. The zero-order valence-corrected chi connectivity index (χ0v) is 11.2. The molecule has 1 aliphatic rings. The summed E-state index contributed by atoms with van der Waals surface area (Å²) >= 11 is 0. The summed E-state index contributed by atoms with van der Waals surface area (Å²) < 4.78 is 0. The average Bonchev–Trinajstić information content (AvgIpc) is 2.41. The molecular formula is C15H21NO3. The second kappa shape index (κ2) is 6.06. The zero-order valence-electron chi connectivity index (χ0n) is 11.2. The van der Waals surface area contributed by atoms with Crippen LogP contribution in [0.1, 0.15) is 31.2 Å². The molecule has 0 aliphatic heterocycles. The maximum absolute atomic E-state index is 12.2. The largest absolute Gasteiger partial charge is 0.508 e. The van der Waals surface area contributed by atoms with Crippen LogP contribution in [0, 0.1) is 0 Å². The van der Waals surface area contributed by atoms with Crippen LogP contribution < -0.4 is 0 Å². The first-order chi connectivity index (χ1) is 9.08. The highest BCUT2D eigenvalue weighted by Gasteiger charge is 2.29. The number of carbonyl (C=O) groups is 1. The van der Waals surface area contributed by atoms with Crippen LogP contribution in [0.25, 0.3) is 0 Å². The van der Waals surface area contributed by atoms with Crippen LogP contribution in [0.3, 0.4) is 0 Å². The predicted octanol–water partition coefficient (Wildman–Crippen LogP) is 1.70. The van der Waals surface area contributed by atoms with Crippen molar-refractivity contribution in [1.29, 1.82) is 0 Å². The standard InChI is InChI=1S/C15H21NO3/c1-16(13-4-2-3-5-14(13)18)15(19)10-11-6-8-12(17)9-7-11/h6-9,13-14,17-18H,2-5,10H2,1H3. The summed E-state index contributed by atoms with van der Waals surface area (Å²) in [5.74, 6) is 0.212. The maximum Gasteiger partial charge on any atom is 0.227 e. The van der Waals surface area contributed by atoms with Gasteiger partial charge in [-0.05, 0) is 30.5 Å². The minimum absolute atomic E-state index is 0.0108. The van der Waals surface area contributed by atoms with E-state index in [1.807, 2.05) is 0 Å². The van der Waals surface area contributed by atoms with E-state index in [0.717, 1.165) is 31.2 Å². The molecular weight excluding hydrogens is 242 g/mol. The number of phenolic OH excluding ortho intramolecular Hbond substituents is 1. The number of phenols is 1. The van der Waals surface area contributed by atoms with Gasteiger partial charge in [0, 0.05) is 7.05 Å². The van der Waals surface area contributed by atoms with Crippen LogP contribution >= 0.6 is 0 Å². The molecule has 1 saturated carbocycles. The topological polar surface area (TPSA) is 60.8 Å². The quantitative estimate of drug-likeness (QED) is 0.872. The molecule has 2 atom stereocenters. The molecule has 4 heteroatoms. The van der Waals surface area contributed by atoms with Crippen molar-refractivity contribution in [2.75, 3.05) is 7.05 Å². The molecule has 19 heavy (non-hydrogen) atoms. The summed E-state index contributed by atoms with van der Waals surface area (Å²) in [4.78, 5) is 13.9. The van der Waals surface area contributed by atoms with Crippen LogP contribution in [0.4, 0.5) is 0 Å². The molecule has 0 radical (unpaired) electrons. The molecule has 1 fully saturated rings. The van der Waals surface area contributed by atoms with E-state index in [9.17, 15) is 15.0 Å². The Morgan fingerprint density at radius 1 is 1.26 bits per heavy atom. The minimum Gasteiger partial charge on any atom is -0.508 e. The summed E-state index contributed by atoms with van der Waals surface area (Å²) in [6.07, 6.45) is 3.67. The van der Waals surface area contributed by atoms with E-state index >= 15 is 0 Å². The van der Waals surface area contributed by atoms with Gasteiger partial charge in [-0.2, -0.15) is 0 Å². The van der Waals surface area contributed by atoms with E-state index in [0.29, 0.717) is 6.42 Å². The van der Waals surface area contributed by atoms with Crippen LogP contribution in [-0.2, 0) is 11.2 Å². The number of aliphatic hydroxyl groups excluding tert-OH is 1. The lowest BCUT2D eigenvalue weighted by atomic mass is 9.91. The molecule has 0 aromatic heterocycles. The van der Waals surface area contributed by atoms with E-state index in [-0.39, 0.29) is 17.7 Å². The van der Waals surface area contributed by atoms with E-state index in [4.69, 9.17) is 0 Å². The van der Waals surface area contributed by atoms with Gasteiger partial charge in [-0.15, -0.1) is 0 Å². The van der Waals surface area contributed by atoms with Crippen molar-refractivity contribution in [2.24, 2.45) is 0 Å². The van der Waals surface area contributed by atoms with Crippen molar-refractivity contribution in [3.8, 4) is 5.75 Å². The number of aliphatic hydroxyl groups is 1. The molecule has 0 bridgehead atoms. The van der Waals surface area contributed by atoms with Crippen LogP contribution in [0.5, 0.6) is 5.75 Å². The van der Waals surface area contributed by atoms with Crippen LogP contribution in [0.2, 0.25) is 0 Å². The van der Waals surface area contributed by atoms with Gasteiger partial charge in [0.2, 0.25) is 5.91 Å². The van der Waals surface area contributed by atoms with Gasteiger partial charge in [0.15, 0.2) is 0 Å². The van der Waals surface area contributed by atoms with Gasteiger partial charge in [0.25, 0.3) is 0 Å². The van der Waals surface area contributed by atoms with Gasteiger partial charge in [-0.3, -0.25) is 4.79 Å². The summed E-state index contributed by atoms with van der Waals surface area (Å²) in [5, 5.41) is 19.2. The number of benzene rings is 1. The smallest absolute Gasteiger partial charge is 0.227 e. The fraction of sp³-hybridized carbons (Fsp3) is 0.533. The number of nitrogens with zero attached hydrogens (tertiary/aromatic N) is 1. The number of carbonyl (C=O) groups excluding carboxylic acids is 1. The lowest BCUT2D eigenvalue weighted by molar-refractivity contribution is -0.134. The molecule has 1 aromatic rings. The van der Waals surface area contributed by atoms with Gasteiger partial charge >= 0.3 is 0 Å². The summed E-state index contributed by atoms with van der Waals surface area (Å²) in [6.45, 7) is 0. The third-order valence-electron chi connectivity index (χ3n) is 3.88.